The molecule has 1 rings (SSSR count). The quantitative estimate of drug-likeness (QED) is 0.670. The predicted molar refractivity (Wildman–Crippen MR) is 49.7 cm³/mol. The maximum atomic E-state index is 11.1. The van der Waals surface area contributed by atoms with Crippen LogP contribution >= 0.6 is 0 Å². The van der Waals surface area contributed by atoms with Crippen molar-refractivity contribution in [2.24, 2.45) is 0 Å². The highest BCUT2D eigenvalue weighted by Crippen LogP contribution is 2.27. The van der Waals surface area contributed by atoms with Gasteiger partial charge in [0.25, 0.3) is 0 Å². The molecule has 13 heavy (non-hydrogen) atoms. The van der Waals surface area contributed by atoms with E-state index in [1.165, 1.54) is 0 Å². The molecule has 1 aliphatic rings. The molecular formula is C10H18O3. The normalized spacial score (nSPS) is 28.8. The molecule has 0 spiro atoms. The first-order valence-corrected chi connectivity index (χ1v) is 4.76. The molecule has 0 aliphatic heterocycles. The predicted octanol–water partition coefficient (Wildman–Crippen LogP) is 1.55. The van der Waals surface area contributed by atoms with Crippen LogP contribution in [0.2, 0.25) is 0 Å². The van der Waals surface area contributed by atoms with Crippen LogP contribution in [0.15, 0.2) is 0 Å². The highest BCUT2D eigenvalue weighted by molar-refractivity contribution is 5.90. The zero-order valence-electron chi connectivity index (χ0n) is 8.79. The smallest absolute Gasteiger partial charge is 0.166 e. The van der Waals surface area contributed by atoms with E-state index in [-0.39, 0.29) is 23.6 Å². The number of rotatable bonds is 3. The summed E-state index contributed by atoms with van der Waals surface area (Å²) in [4.78, 5) is 11.1. The fourth-order valence-electron chi connectivity index (χ4n) is 1.41. The van der Waals surface area contributed by atoms with E-state index in [0.29, 0.717) is 13.0 Å². The molecule has 0 bridgehead atoms. The van der Waals surface area contributed by atoms with Crippen molar-refractivity contribution in [2.75, 3.05) is 6.61 Å². The molecule has 0 aromatic carbocycles. The molecule has 3 heteroatoms. The van der Waals surface area contributed by atoms with Crippen molar-refractivity contribution in [1.29, 1.82) is 0 Å². The number of hydrogen-bond donors (Lipinski definition) is 0. The molecule has 0 aromatic rings. The lowest BCUT2D eigenvalue weighted by Gasteiger charge is -2.38. The van der Waals surface area contributed by atoms with Crippen molar-refractivity contribution in [3.05, 3.63) is 0 Å². The molecule has 3 nitrogen and oxygen atoms in total. The average Bonchev–Trinajstić information content (AvgIpc) is 1.97. The van der Waals surface area contributed by atoms with Crippen LogP contribution in [0.4, 0.5) is 0 Å². The Morgan fingerprint density at radius 2 is 2.08 bits per heavy atom. The van der Waals surface area contributed by atoms with Gasteiger partial charge < -0.3 is 9.47 Å². The van der Waals surface area contributed by atoms with Gasteiger partial charge in [-0.15, -0.1) is 0 Å². The minimum absolute atomic E-state index is 0.0348. The number of ketones is 1. The van der Waals surface area contributed by atoms with E-state index in [4.69, 9.17) is 9.47 Å². The van der Waals surface area contributed by atoms with Crippen LogP contribution in [0.3, 0.4) is 0 Å². The molecule has 0 aromatic heterocycles. The largest absolute Gasteiger partial charge is 0.369 e. The minimum Gasteiger partial charge on any atom is -0.369 e. The third kappa shape index (κ3) is 2.78. The van der Waals surface area contributed by atoms with Crippen LogP contribution < -0.4 is 0 Å². The molecule has 2 unspecified atom stereocenters. The van der Waals surface area contributed by atoms with Gasteiger partial charge in [0.15, 0.2) is 5.78 Å². The fourth-order valence-corrected chi connectivity index (χ4v) is 1.41. The molecule has 1 aliphatic carbocycles. The second-order valence-corrected chi connectivity index (χ2v) is 4.32. The molecule has 2 atom stereocenters. The maximum absolute atomic E-state index is 11.1. The van der Waals surface area contributed by atoms with Gasteiger partial charge in [0.2, 0.25) is 0 Å². The summed E-state index contributed by atoms with van der Waals surface area (Å²) in [7, 11) is 0. The maximum Gasteiger partial charge on any atom is 0.166 e. The van der Waals surface area contributed by atoms with Gasteiger partial charge in [0.05, 0.1) is 11.7 Å². The third-order valence-electron chi connectivity index (χ3n) is 1.91. The van der Waals surface area contributed by atoms with Crippen molar-refractivity contribution >= 4 is 5.78 Å². The molecule has 0 N–H and O–H groups in total. The van der Waals surface area contributed by atoms with Crippen molar-refractivity contribution in [1.82, 2.24) is 0 Å². The van der Waals surface area contributed by atoms with E-state index in [1.807, 2.05) is 27.7 Å². The second-order valence-electron chi connectivity index (χ2n) is 4.32. The van der Waals surface area contributed by atoms with Gasteiger partial charge >= 0.3 is 0 Å². The van der Waals surface area contributed by atoms with Gasteiger partial charge in [0, 0.05) is 13.0 Å². The van der Waals surface area contributed by atoms with E-state index in [2.05, 4.69) is 0 Å². The third-order valence-corrected chi connectivity index (χ3v) is 1.91. The van der Waals surface area contributed by atoms with Crippen LogP contribution in [0.25, 0.3) is 0 Å². The van der Waals surface area contributed by atoms with Crippen LogP contribution in [-0.4, -0.2) is 30.2 Å². The highest BCUT2D eigenvalue weighted by Gasteiger charge is 2.43. The SMILES string of the molecule is CCOC1C(=O)CC1OC(C)(C)C. The molecule has 0 radical (unpaired) electrons. The Balaban J connectivity index is 2.40. The number of carbonyl (C=O) groups excluding carboxylic acids is 1. The number of hydrogen-bond acceptors (Lipinski definition) is 3. The number of ether oxygens (including phenoxy) is 2. The lowest BCUT2D eigenvalue weighted by atomic mass is 9.89. The van der Waals surface area contributed by atoms with E-state index < -0.39 is 0 Å². The Kier molecular flexibility index (Phi) is 3.09. The summed E-state index contributed by atoms with van der Waals surface area (Å²) >= 11 is 0. The van der Waals surface area contributed by atoms with E-state index >= 15 is 0 Å². The lowest BCUT2D eigenvalue weighted by Crippen LogP contribution is -2.52. The summed E-state index contributed by atoms with van der Waals surface area (Å²) in [5.41, 5.74) is -0.194. The van der Waals surface area contributed by atoms with Crippen molar-refractivity contribution in [2.45, 2.75) is 51.9 Å². The van der Waals surface area contributed by atoms with Crippen molar-refractivity contribution in [3.8, 4) is 0 Å². The Labute approximate surface area is 79.4 Å². The van der Waals surface area contributed by atoms with Crippen molar-refractivity contribution < 1.29 is 14.3 Å². The monoisotopic (exact) mass is 186 g/mol. The van der Waals surface area contributed by atoms with Gasteiger partial charge in [-0.25, -0.2) is 0 Å². The summed E-state index contributed by atoms with van der Waals surface area (Å²) in [5, 5.41) is 0. The summed E-state index contributed by atoms with van der Waals surface area (Å²) < 4.78 is 10.9. The van der Waals surface area contributed by atoms with Gasteiger partial charge in [-0.05, 0) is 27.7 Å². The topological polar surface area (TPSA) is 35.5 Å². The van der Waals surface area contributed by atoms with Crippen LogP contribution in [0.1, 0.15) is 34.1 Å². The Hall–Kier alpha value is -0.410. The minimum atomic E-state index is -0.316. The zero-order chi connectivity index (χ0) is 10.1. The Morgan fingerprint density at radius 3 is 2.46 bits per heavy atom. The Bertz CT molecular complexity index is 193. The summed E-state index contributed by atoms with van der Waals surface area (Å²) in [6.07, 6.45) is 0.152. The van der Waals surface area contributed by atoms with Crippen LogP contribution in [0.5, 0.6) is 0 Å². The van der Waals surface area contributed by atoms with Gasteiger partial charge in [0.1, 0.15) is 6.10 Å². The number of Topliss-reactive ketones (excluding diaryl/α,β-unsaturated/α-hetero) is 1. The standard InChI is InChI=1S/C10H18O3/c1-5-12-9-7(11)6-8(9)13-10(2,3)4/h8-9H,5-6H2,1-4H3. The average molecular weight is 186 g/mol. The van der Waals surface area contributed by atoms with Crippen LogP contribution in [-0.2, 0) is 14.3 Å². The van der Waals surface area contributed by atoms with Gasteiger partial charge in [-0.2, -0.15) is 0 Å². The van der Waals surface area contributed by atoms with Gasteiger partial charge in [-0.3, -0.25) is 4.79 Å². The lowest BCUT2D eigenvalue weighted by molar-refractivity contribution is -0.182. The molecule has 0 heterocycles. The molecule has 76 valence electrons. The van der Waals surface area contributed by atoms with E-state index in [0.717, 1.165) is 0 Å². The molecule has 1 saturated carbocycles. The highest BCUT2D eigenvalue weighted by atomic mass is 16.6. The summed E-state index contributed by atoms with van der Waals surface area (Å²) in [5.74, 6) is 0.163. The first-order valence-electron chi connectivity index (χ1n) is 4.76. The fraction of sp³-hybridized carbons (Fsp3) is 0.900. The van der Waals surface area contributed by atoms with E-state index in [9.17, 15) is 4.79 Å². The first kappa shape index (κ1) is 10.7. The zero-order valence-corrected chi connectivity index (χ0v) is 8.79. The van der Waals surface area contributed by atoms with Crippen LogP contribution in [0, 0.1) is 0 Å². The Morgan fingerprint density at radius 1 is 1.46 bits per heavy atom. The summed E-state index contributed by atoms with van der Waals surface area (Å²) in [6, 6.07) is 0. The van der Waals surface area contributed by atoms with Gasteiger partial charge in [-0.1, -0.05) is 0 Å². The summed E-state index contributed by atoms with van der Waals surface area (Å²) in [6.45, 7) is 8.41. The van der Waals surface area contributed by atoms with Crippen molar-refractivity contribution in [3.63, 3.8) is 0 Å². The molecule has 0 amide bonds. The van der Waals surface area contributed by atoms with E-state index in [1.54, 1.807) is 0 Å². The number of carbonyl (C=O) groups is 1. The molecule has 1 fully saturated rings. The molecule has 0 saturated heterocycles. The first-order chi connectivity index (χ1) is 5.94. The molecular weight excluding hydrogens is 168 g/mol. The second kappa shape index (κ2) is 3.76.